The number of aromatic nitrogens is 2. The van der Waals surface area contributed by atoms with E-state index in [-0.39, 0.29) is 6.04 Å². The first-order valence-corrected chi connectivity index (χ1v) is 4.56. The standard InChI is InChI=1S/C9H13N4/c10-8-2-1-5-13(6-8)9-3-4-11-7-12-9/h3-4,8H,1-2,5-6,10H2. The Kier molecular flexibility index (Phi) is 2.40. The van der Waals surface area contributed by atoms with Crippen molar-refractivity contribution in [2.24, 2.45) is 5.73 Å². The summed E-state index contributed by atoms with van der Waals surface area (Å²) < 4.78 is 0. The molecule has 1 atom stereocenters. The topological polar surface area (TPSA) is 55.0 Å². The van der Waals surface area contributed by atoms with Crippen molar-refractivity contribution >= 4 is 5.82 Å². The molecule has 69 valence electrons. The first kappa shape index (κ1) is 8.44. The molecule has 0 aromatic carbocycles. The zero-order chi connectivity index (χ0) is 9.10. The van der Waals surface area contributed by atoms with Crippen LogP contribution in [0.2, 0.25) is 0 Å². The fraction of sp³-hybridized carbons (Fsp3) is 0.556. The monoisotopic (exact) mass is 177 g/mol. The van der Waals surface area contributed by atoms with E-state index in [1.165, 1.54) is 0 Å². The van der Waals surface area contributed by atoms with E-state index in [9.17, 15) is 0 Å². The van der Waals surface area contributed by atoms with Gasteiger partial charge in [0.25, 0.3) is 0 Å². The Morgan fingerprint density at radius 1 is 1.62 bits per heavy atom. The average Bonchev–Trinajstić information content (AvgIpc) is 2.19. The highest BCUT2D eigenvalue weighted by Gasteiger charge is 2.17. The summed E-state index contributed by atoms with van der Waals surface area (Å²) in [5.41, 5.74) is 5.87. The summed E-state index contributed by atoms with van der Waals surface area (Å²) >= 11 is 0. The normalized spacial score (nSPS) is 23.2. The van der Waals surface area contributed by atoms with Crippen molar-refractivity contribution < 1.29 is 0 Å². The van der Waals surface area contributed by atoms with Gasteiger partial charge in [-0.3, -0.25) is 0 Å². The molecule has 2 rings (SSSR count). The molecule has 1 saturated heterocycles. The third kappa shape index (κ3) is 1.95. The molecule has 2 heterocycles. The van der Waals surface area contributed by atoms with Crippen LogP contribution in [-0.4, -0.2) is 29.1 Å². The van der Waals surface area contributed by atoms with E-state index in [0.29, 0.717) is 0 Å². The molecule has 0 amide bonds. The van der Waals surface area contributed by atoms with Crippen molar-refractivity contribution in [3.8, 4) is 0 Å². The van der Waals surface area contributed by atoms with Crippen LogP contribution in [0.5, 0.6) is 0 Å². The van der Waals surface area contributed by atoms with Crippen LogP contribution >= 0.6 is 0 Å². The minimum absolute atomic E-state index is 0.281. The van der Waals surface area contributed by atoms with Crippen LogP contribution in [-0.2, 0) is 0 Å². The lowest BCUT2D eigenvalue weighted by Gasteiger charge is -2.31. The Morgan fingerprint density at radius 3 is 3.23 bits per heavy atom. The maximum Gasteiger partial charge on any atom is 0.199 e. The number of hydrogen-bond acceptors (Lipinski definition) is 4. The van der Waals surface area contributed by atoms with Crippen molar-refractivity contribution in [3.05, 3.63) is 18.6 Å². The zero-order valence-electron chi connectivity index (χ0n) is 7.48. The summed E-state index contributed by atoms with van der Waals surface area (Å²) in [6, 6.07) is 2.18. The van der Waals surface area contributed by atoms with E-state index in [2.05, 4.69) is 21.2 Å². The molecule has 1 unspecified atom stereocenters. The Labute approximate surface area is 77.8 Å². The Bertz CT molecular complexity index is 262. The SMILES string of the molecule is NC1CCCN(c2ccn[c]n2)C1. The third-order valence-electron chi connectivity index (χ3n) is 2.30. The maximum absolute atomic E-state index is 5.87. The fourth-order valence-corrected chi connectivity index (χ4v) is 1.65. The van der Waals surface area contributed by atoms with E-state index < -0.39 is 0 Å². The second-order valence-corrected chi connectivity index (χ2v) is 3.36. The minimum atomic E-state index is 0.281. The van der Waals surface area contributed by atoms with E-state index in [4.69, 9.17) is 5.73 Å². The van der Waals surface area contributed by atoms with Gasteiger partial charge in [0.05, 0.1) is 0 Å². The van der Waals surface area contributed by atoms with E-state index in [1.807, 2.05) is 6.07 Å². The molecule has 13 heavy (non-hydrogen) atoms. The number of nitrogens with zero attached hydrogens (tertiary/aromatic N) is 3. The zero-order valence-corrected chi connectivity index (χ0v) is 7.48. The Morgan fingerprint density at radius 2 is 2.54 bits per heavy atom. The summed E-state index contributed by atoms with van der Waals surface area (Å²) in [5, 5.41) is 0. The van der Waals surface area contributed by atoms with Gasteiger partial charge in [-0.2, -0.15) is 0 Å². The van der Waals surface area contributed by atoms with E-state index in [1.54, 1.807) is 6.20 Å². The number of anilines is 1. The van der Waals surface area contributed by atoms with Crippen LogP contribution in [0.3, 0.4) is 0 Å². The highest BCUT2D eigenvalue weighted by molar-refractivity contribution is 5.37. The van der Waals surface area contributed by atoms with Gasteiger partial charge in [-0.25, -0.2) is 9.97 Å². The Balaban J connectivity index is 2.08. The molecule has 0 bridgehead atoms. The molecule has 4 nitrogen and oxygen atoms in total. The smallest absolute Gasteiger partial charge is 0.199 e. The average molecular weight is 177 g/mol. The first-order chi connectivity index (χ1) is 6.36. The highest BCUT2D eigenvalue weighted by Crippen LogP contribution is 2.15. The fourth-order valence-electron chi connectivity index (χ4n) is 1.65. The summed E-state index contributed by atoms with van der Waals surface area (Å²) in [7, 11) is 0. The highest BCUT2D eigenvalue weighted by atomic mass is 15.2. The van der Waals surface area contributed by atoms with Gasteiger partial charge in [-0.15, -0.1) is 0 Å². The molecule has 0 spiro atoms. The Hall–Kier alpha value is -1.16. The van der Waals surface area contributed by atoms with Crippen molar-refractivity contribution in [1.29, 1.82) is 0 Å². The second kappa shape index (κ2) is 3.70. The second-order valence-electron chi connectivity index (χ2n) is 3.36. The maximum atomic E-state index is 5.87. The molecular weight excluding hydrogens is 164 g/mol. The summed E-state index contributed by atoms with van der Waals surface area (Å²) in [6.07, 6.45) is 6.56. The molecule has 0 saturated carbocycles. The molecule has 0 aliphatic carbocycles. The molecule has 1 radical (unpaired) electrons. The molecule has 2 N–H and O–H groups in total. The van der Waals surface area contributed by atoms with Crippen LogP contribution in [0.4, 0.5) is 5.82 Å². The largest absolute Gasteiger partial charge is 0.355 e. The van der Waals surface area contributed by atoms with Gasteiger partial charge < -0.3 is 10.6 Å². The van der Waals surface area contributed by atoms with Crippen LogP contribution in [0.15, 0.2) is 12.3 Å². The predicted octanol–water partition coefficient (Wildman–Crippen LogP) is 0.204. The molecule has 1 aromatic heterocycles. The van der Waals surface area contributed by atoms with E-state index >= 15 is 0 Å². The van der Waals surface area contributed by atoms with E-state index in [0.717, 1.165) is 31.7 Å². The minimum Gasteiger partial charge on any atom is -0.355 e. The third-order valence-corrected chi connectivity index (χ3v) is 2.30. The molecule has 1 aliphatic rings. The van der Waals surface area contributed by atoms with Crippen LogP contribution < -0.4 is 10.6 Å². The summed E-state index contributed by atoms with van der Waals surface area (Å²) in [4.78, 5) is 10.0. The van der Waals surface area contributed by atoms with Crippen molar-refractivity contribution in [2.75, 3.05) is 18.0 Å². The lowest BCUT2D eigenvalue weighted by molar-refractivity contribution is 0.503. The van der Waals surface area contributed by atoms with Gasteiger partial charge >= 0.3 is 0 Å². The van der Waals surface area contributed by atoms with Gasteiger partial charge in [-0.05, 0) is 18.9 Å². The van der Waals surface area contributed by atoms with Gasteiger partial charge in [0.1, 0.15) is 5.82 Å². The van der Waals surface area contributed by atoms with Gasteiger partial charge in [0.2, 0.25) is 0 Å². The molecule has 4 heteroatoms. The lowest BCUT2D eigenvalue weighted by atomic mass is 10.1. The number of rotatable bonds is 1. The number of hydrogen-bond donors (Lipinski definition) is 1. The van der Waals surface area contributed by atoms with Crippen molar-refractivity contribution in [2.45, 2.75) is 18.9 Å². The number of nitrogens with two attached hydrogens (primary N) is 1. The van der Waals surface area contributed by atoms with Crippen molar-refractivity contribution in [1.82, 2.24) is 9.97 Å². The molecule has 1 aliphatic heterocycles. The van der Waals surface area contributed by atoms with Crippen LogP contribution in [0, 0.1) is 6.33 Å². The van der Waals surface area contributed by atoms with Crippen LogP contribution in [0.25, 0.3) is 0 Å². The quantitative estimate of drug-likeness (QED) is 0.666. The first-order valence-electron chi connectivity index (χ1n) is 4.56. The summed E-state index contributed by atoms with van der Waals surface area (Å²) in [5.74, 6) is 0.935. The van der Waals surface area contributed by atoms with Gasteiger partial charge in [0.15, 0.2) is 6.33 Å². The van der Waals surface area contributed by atoms with Gasteiger partial charge in [-0.1, -0.05) is 0 Å². The van der Waals surface area contributed by atoms with Gasteiger partial charge in [0, 0.05) is 25.3 Å². The molecule has 1 fully saturated rings. The summed E-state index contributed by atoms with van der Waals surface area (Å²) in [6.45, 7) is 1.93. The van der Waals surface area contributed by atoms with Crippen molar-refractivity contribution in [3.63, 3.8) is 0 Å². The predicted molar refractivity (Wildman–Crippen MR) is 50.3 cm³/mol. The molecule has 1 aromatic rings. The van der Waals surface area contributed by atoms with Crippen LogP contribution in [0.1, 0.15) is 12.8 Å². The number of piperidine rings is 1. The lowest BCUT2D eigenvalue weighted by Crippen LogP contribution is -2.43. The molecular formula is C9H13N4.